The zero-order valence-electron chi connectivity index (χ0n) is 17.9. The number of halogens is 1. The number of amides is 2. The van der Waals surface area contributed by atoms with Crippen LogP contribution in [0, 0.1) is 12.8 Å². The van der Waals surface area contributed by atoms with Gasteiger partial charge in [-0.15, -0.1) is 0 Å². The third-order valence-corrected chi connectivity index (χ3v) is 6.63. The quantitative estimate of drug-likeness (QED) is 0.521. The summed E-state index contributed by atoms with van der Waals surface area (Å²) in [6.45, 7) is 1.94. The summed E-state index contributed by atoms with van der Waals surface area (Å²) in [5.74, 6) is -1.30. The first-order chi connectivity index (χ1) is 15.9. The maximum absolute atomic E-state index is 13.7. The molecule has 0 saturated carbocycles. The molecule has 3 aromatic carbocycles. The molecule has 3 atom stereocenters. The van der Waals surface area contributed by atoms with Gasteiger partial charge >= 0.3 is 0 Å². The molecule has 2 heterocycles. The van der Waals surface area contributed by atoms with Crippen LogP contribution < -0.4 is 14.7 Å². The Labute approximate surface area is 199 Å². The van der Waals surface area contributed by atoms with Crippen molar-refractivity contribution in [2.45, 2.75) is 19.1 Å². The second-order valence-electron chi connectivity index (χ2n) is 8.06. The Morgan fingerprint density at radius 1 is 0.970 bits per heavy atom. The van der Waals surface area contributed by atoms with Gasteiger partial charge in [0, 0.05) is 0 Å². The fraction of sp³-hybridized carbons (Fsp3) is 0.200. The minimum Gasteiger partial charge on any atom is -0.503 e. The number of nitrogens with zero attached hydrogens (tertiary/aromatic N) is 2. The normalized spacial score (nSPS) is 22.1. The van der Waals surface area contributed by atoms with E-state index in [-0.39, 0.29) is 17.4 Å². The first kappa shape index (κ1) is 21.5. The summed E-state index contributed by atoms with van der Waals surface area (Å²) < 4.78 is 5.74. The van der Waals surface area contributed by atoms with Crippen LogP contribution in [0.2, 0.25) is 0 Å². The standard InChI is InChI=1S/C25H21BrN2O5/c1-14-8-10-16(11-9-14)27-24(30)20-21(15-12-18(26)22(29)19(13-15)32-2)28(33-23(20)25(27)31)17-6-4-3-5-7-17/h3-13,20-21,23,29H,1-2H3/t20-,21-,23+/m0/s1. The van der Waals surface area contributed by atoms with Crippen LogP contribution in [-0.2, 0) is 14.4 Å². The molecule has 1 N–H and O–H groups in total. The predicted molar refractivity (Wildman–Crippen MR) is 126 cm³/mol. The number of hydrogen-bond donors (Lipinski definition) is 1. The van der Waals surface area contributed by atoms with Gasteiger partial charge in [0.15, 0.2) is 17.6 Å². The molecule has 33 heavy (non-hydrogen) atoms. The SMILES string of the molecule is COc1cc([C@H]2[C@@H]3C(=O)N(c4ccc(C)cc4)C(=O)[C@@H]3ON2c2ccccc2)cc(Br)c1O. The van der Waals surface area contributed by atoms with Crippen LogP contribution in [0.1, 0.15) is 17.2 Å². The molecule has 2 aliphatic heterocycles. The lowest BCUT2D eigenvalue weighted by Crippen LogP contribution is -2.37. The molecular formula is C25H21BrN2O5. The minimum atomic E-state index is -0.970. The largest absolute Gasteiger partial charge is 0.503 e. The Morgan fingerprint density at radius 2 is 1.67 bits per heavy atom. The second kappa shape index (κ2) is 8.20. The van der Waals surface area contributed by atoms with E-state index in [9.17, 15) is 14.7 Å². The summed E-state index contributed by atoms with van der Waals surface area (Å²) in [6.07, 6.45) is -0.970. The van der Waals surface area contributed by atoms with Crippen molar-refractivity contribution in [2.24, 2.45) is 5.92 Å². The number of hydroxylamine groups is 1. The number of hydrogen-bond acceptors (Lipinski definition) is 6. The number of para-hydroxylation sites is 1. The molecule has 0 aromatic heterocycles. The summed E-state index contributed by atoms with van der Waals surface area (Å²) in [4.78, 5) is 34.4. The molecule has 0 bridgehead atoms. The summed E-state index contributed by atoms with van der Waals surface area (Å²) in [5, 5.41) is 11.9. The maximum atomic E-state index is 13.7. The van der Waals surface area contributed by atoms with Gasteiger partial charge in [-0.3, -0.25) is 14.4 Å². The van der Waals surface area contributed by atoms with Crippen molar-refractivity contribution in [3.8, 4) is 11.5 Å². The van der Waals surface area contributed by atoms with Crippen molar-refractivity contribution in [1.29, 1.82) is 0 Å². The van der Waals surface area contributed by atoms with Crippen molar-refractivity contribution in [1.82, 2.24) is 0 Å². The monoisotopic (exact) mass is 508 g/mol. The number of rotatable bonds is 4. The van der Waals surface area contributed by atoms with Crippen molar-refractivity contribution in [2.75, 3.05) is 17.1 Å². The Hall–Kier alpha value is -3.36. The van der Waals surface area contributed by atoms with Gasteiger partial charge in [-0.2, -0.15) is 0 Å². The topological polar surface area (TPSA) is 79.3 Å². The first-order valence-electron chi connectivity index (χ1n) is 10.4. The number of ether oxygens (including phenoxy) is 1. The van der Waals surface area contributed by atoms with E-state index in [1.54, 1.807) is 29.3 Å². The molecule has 2 aliphatic rings. The average Bonchev–Trinajstić information content (AvgIpc) is 3.33. The third kappa shape index (κ3) is 3.46. The van der Waals surface area contributed by atoms with Crippen LogP contribution in [0.4, 0.5) is 11.4 Å². The average molecular weight is 509 g/mol. The highest BCUT2D eigenvalue weighted by Gasteiger charge is 2.60. The van der Waals surface area contributed by atoms with E-state index >= 15 is 0 Å². The molecule has 0 unspecified atom stereocenters. The smallest absolute Gasteiger partial charge is 0.266 e. The van der Waals surface area contributed by atoms with E-state index < -0.39 is 24.0 Å². The number of carbonyl (C=O) groups is 2. The molecule has 2 amide bonds. The number of fused-ring (bicyclic) bond motifs is 1. The van der Waals surface area contributed by atoms with E-state index in [1.165, 1.54) is 12.0 Å². The molecule has 0 aliphatic carbocycles. The van der Waals surface area contributed by atoms with Crippen LogP contribution in [0.15, 0.2) is 71.2 Å². The lowest BCUT2D eigenvalue weighted by Gasteiger charge is -2.29. The molecule has 168 valence electrons. The van der Waals surface area contributed by atoms with Crippen LogP contribution in [-0.4, -0.2) is 30.1 Å². The van der Waals surface area contributed by atoms with E-state index in [2.05, 4.69) is 15.9 Å². The highest BCUT2D eigenvalue weighted by atomic mass is 79.9. The number of phenolic OH excluding ortho intramolecular Hbond substituents is 1. The van der Waals surface area contributed by atoms with E-state index in [0.29, 0.717) is 21.4 Å². The zero-order chi connectivity index (χ0) is 23.3. The van der Waals surface area contributed by atoms with E-state index in [4.69, 9.17) is 9.57 Å². The number of methoxy groups -OCH3 is 1. The number of carbonyl (C=O) groups excluding carboxylic acids is 2. The molecule has 2 fully saturated rings. The number of benzene rings is 3. The molecule has 5 rings (SSSR count). The Morgan fingerprint density at radius 3 is 2.33 bits per heavy atom. The lowest BCUT2D eigenvalue weighted by molar-refractivity contribution is -0.126. The van der Waals surface area contributed by atoms with Crippen LogP contribution >= 0.6 is 15.9 Å². The van der Waals surface area contributed by atoms with Gasteiger partial charge in [-0.05, 0) is 64.8 Å². The highest BCUT2D eigenvalue weighted by molar-refractivity contribution is 9.10. The molecule has 7 nitrogen and oxygen atoms in total. The molecule has 2 saturated heterocycles. The molecule has 0 radical (unpaired) electrons. The van der Waals surface area contributed by atoms with E-state index in [0.717, 1.165) is 5.56 Å². The second-order valence-corrected chi connectivity index (χ2v) is 8.91. The molecule has 0 spiro atoms. The fourth-order valence-electron chi connectivity index (χ4n) is 4.42. The highest BCUT2D eigenvalue weighted by Crippen LogP contribution is 2.49. The van der Waals surface area contributed by atoms with Gasteiger partial charge in [0.25, 0.3) is 5.91 Å². The van der Waals surface area contributed by atoms with Gasteiger partial charge in [0.2, 0.25) is 5.91 Å². The maximum Gasteiger partial charge on any atom is 0.266 e. The Balaban J connectivity index is 1.62. The molecular weight excluding hydrogens is 488 g/mol. The van der Waals surface area contributed by atoms with Crippen LogP contribution in [0.3, 0.4) is 0 Å². The minimum absolute atomic E-state index is 0.0434. The first-order valence-corrected chi connectivity index (χ1v) is 11.2. The molecule has 3 aromatic rings. The van der Waals surface area contributed by atoms with E-state index in [1.807, 2.05) is 49.4 Å². The van der Waals surface area contributed by atoms with Gasteiger partial charge in [0.05, 0.1) is 29.0 Å². The van der Waals surface area contributed by atoms with Crippen molar-refractivity contribution in [3.05, 3.63) is 82.3 Å². The summed E-state index contributed by atoms with van der Waals surface area (Å²) >= 11 is 3.36. The number of anilines is 2. The number of phenols is 1. The van der Waals surface area contributed by atoms with Gasteiger partial charge in [-0.25, -0.2) is 9.96 Å². The van der Waals surface area contributed by atoms with Crippen molar-refractivity contribution < 1.29 is 24.3 Å². The summed E-state index contributed by atoms with van der Waals surface area (Å²) in [5.41, 5.74) is 2.92. The fourth-order valence-corrected chi connectivity index (χ4v) is 4.88. The summed E-state index contributed by atoms with van der Waals surface area (Å²) in [6, 6.07) is 19.3. The molecule has 8 heteroatoms. The Kier molecular flexibility index (Phi) is 5.34. The third-order valence-electron chi connectivity index (χ3n) is 6.03. The number of imide groups is 1. The van der Waals surface area contributed by atoms with Gasteiger partial charge in [0.1, 0.15) is 5.92 Å². The van der Waals surface area contributed by atoms with Gasteiger partial charge in [-0.1, -0.05) is 35.9 Å². The van der Waals surface area contributed by atoms with Crippen molar-refractivity contribution >= 4 is 39.1 Å². The lowest BCUT2D eigenvalue weighted by atomic mass is 9.90. The van der Waals surface area contributed by atoms with Crippen molar-refractivity contribution in [3.63, 3.8) is 0 Å². The Bertz CT molecular complexity index is 1230. The van der Waals surface area contributed by atoms with Crippen LogP contribution in [0.25, 0.3) is 0 Å². The summed E-state index contributed by atoms with van der Waals surface area (Å²) in [7, 11) is 1.46. The number of aromatic hydroxyl groups is 1. The van der Waals surface area contributed by atoms with Gasteiger partial charge < -0.3 is 9.84 Å². The number of aryl methyl sites for hydroxylation is 1. The van der Waals surface area contributed by atoms with Crippen LogP contribution in [0.5, 0.6) is 11.5 Å². The predicted octanol–water partition coefficient (Wildman–Crippen LogP) is 4.52. The zero-order valence-corrected chi connectivity index (χ0v) is 19.5.